The number of esters is 2. The van der Waals surface area contributed by atoms with Gasteiger partial charge in [0.15, 0.2) is 0 Å². The van der Waals surface area contributed by atoms with Gasteiger partial charge in [-0.05, 0) is 85.5 Å². The summed E-state index contributed by atoms with van der Waals surface area (Å²) in [6, 6.07) is 11.5. The summed E-state index contributed by atoms with van der Waals surface area (Å²) in [5.74, 6) is -4.87. The maximum Gasteiger partial charge on any atom is 0.432 e. The summed E-state index contributed by atoms with van der Waals surface area (Å²) in [6.45, 7) is 5.41. The van der Waals surface area contributed by atoms with Crippen molar-refractivity contribution in [3.8, 4) is 16.9 Å². The fourth-order valence-corrected chi connectivity index (χ4v) is 5.07. The zero-order valence-electron chi connectivity index (χ0n) is 26.6. The van der Waals surface area contributed by atoms with Gasteiger partial charge in [-0.1, -0.05) is 62.9 Å². The summed E-state index contributed by atoms with van der Waals surface area (Å²) >= 11 is 0. The normalized spacial score (nSPS) is 11.3. The summed E-state index contributed by atoms with van der Waals surface area (Å²) < 4.78 is 89.4. The number of halogens is 5. The Labute approximate surface area is 272 Å². The molecule has 0 amide bonds. The van der Waals surface area contributed by atoms with Gasteiger partial charge in [0.1, 0.15) is 28.8 Å². The largest absolute Gasteiger partial charge is 0.466 e. The minimum atomic E-state index is -4.32. The van der Waals surface area contributed by atoms with Crippen LogP contribution in [0.5, 0.6) is 5.75 Å². The van der Waals surface area contributed by atoms with E-state index in [1.165, 1.54) is 31.2 Å². The zero-order chi connectivity index (χ0) is 34.2. The highest BCUT2D eigenvalue weighted by atomic mass is 19.3. The molecule has 3 aromatic carbocycles. The molecule has 0 saturated heterocycles. The number of unbranched alkanes of at least 4 members (excludes halogenated alkanes) is 7. The van der Waals surface area contributed by atoms with Crippen LogP contribution in [0.15, 0.2) is 67.3 Å². The molecule has 47 heavy (non-hydrogen) atoms. The molecule has 10 heteroatoms. The fraction of sp³-hybridized carbons (Fsp3) is 0.405. The third kappa shape index (κ3) is 12.5. The Bertz CT molecular complexity index is 1450. The van der Waals surface area contributed by atoms with E-state index in [0.29, 0.717) is 43.8 Å². The van der Waals surface area contributed by atoms with Gasteiger partial charge in [0.2, 0.25) is 0 Å². The van der Waals surface area contributed by atoms with E-state index in [1.807, 2.05) is 0 Å². The summed E-state index contributed by atoms with van der Waals surface area (Å²) in [5, 5.41) is 0. The maximum atomic E-state index is 15.0. The van der Waals surface area contributed by atoms with Gasteiger partial charge in [0.25, 0.3) is 0 Å². The number of rotatable bonds is 20. The molecule has 3 rings (SSSR count). The lowest BCUT2D eigenvalue weighted by Gasteiger charge is -2.20. The van der Waals surface area contributed by atoms with E-state index < -0.39 is 35.1 Å². The number of ether oxygens (including phenoxy) is 3. The Balaban J connectivity index is 1.52. The van der Waals surface area contributed by atoms with Crippen LogP contribution in [0, 0.1) is 17.5 Å². The zero-order valence-corrected chi connectivity index (χ0v) is 26.6. The average molecular weight is 661 g/mol. The van der Waals surface area contributed by atoms with Gasteiger partial charge < -0.3 is 14.2 Å². The lowest BCUT2D eigenvalue weighted by atomic mass is 9.98. The molecular formula is C37H41F5O5. The van der Waals surface area contributed by atoms with Gasteiger partial charge in [-0.25, -0.2) is 18.0 Å². The number of carbonyl (C=O) groups is 2. The first-order valence-electron chi connectivity index (χ1n) is 15.9. The van der Waals surface area contributed by atoms with E-state index in [-0.39, 0.29) is 22.8 Å². The van der Waals surface area contributed by atoms with Gasteiger partial charge >= 0.3 is 18.0 Å². The molecular weight excluding hydrogens is 619 g/mol. The first kappa shape index (κ1) is 37.2. The second kappa shape index (κ2) is 18.8. The van der Waals surface area contributed by atoms with Crippen molar-refractivity contribution in [2.45, 2.75) is 83.7 Å². The summed E-state index contributed by atoms with van der Waals surface area (Å²) in [4.78, 5) is 21.8. The van der Waals surface area contributed by atoms with Crippen molar-refractivity contribution >= 4 is 11.9 Å². The maximum absolute atomic E-state index is 15.0. The number of hydrogen-bond donors (Lipinski definition) is 0. The van der Waals surface area contributed by atoms with E-state index >= 15 is 0 Å². The molecule has 0 heterocycles. The molecule has 0 spiro atoms. The Hall–Kier alpha value is -4.21. The molecule has 5 nitrogen and oxygen atoms in total. The number of carbonyl (C=O) groups excluding carboxylic acids is 2. The average Bonchev–Trinajstić information content (AvgIpc) is 3.01. The van der Waals surface area contributed by atoms with E-state index in [2.05, 4.69) is 6.58 Å². The van der Waals surface area contributed by atoms with Crippen LogP contribution in [0.2, 0.25) is 0 Å². The lowest BCUT2D eigenvalue weighted by Crippen LogP contribution is -2.25. The predicted molar refractivity (Wildman–Crippen MR) is 169 cm³/mol. The summed E-state index contributed by atoms with van der Waals surface area (Å²) in [7, 11) is 0. The number of aryl methyl sites for hydroxylation is 2. The molecule has 0 aliphatic heterocycles. The minimum absolute atomic E-state index is 0.121. The monoisotopic (exact) mass is 660 g/mol. The third-order valence-corrected chi connectivity index (χ3v) is 7.53. The van der Waals surface area contributed by atoms with E-state index in [9.17, 15) is 31.5 Å². The predicted octanol–water partition coefficient (Wildman–Crippen LogP) is 9.79. The standard InChI is InChI=1S/C37H41F5O5/c1-3-35(44)46-22-12-8-6-10-14-28-17-20-31(32(38)23-28)29-24-33(39)36(34(40)25-29)37(41,42)47-30-18-15-27(16-19-30)13-9-5-4-7-11-21-45-26(2)43/h3,15-20,23-25H,1,4-14,21-22H2,2H3. The first-order valence-corrected chi connectivity index (χ1v) is 15.9. The molecule has 0 saturated carbocycles. The second-order valence-corrected chi connectivity index (χ2v) is 11.3. The molecule has 0 atom stereocenters. The quantitative estimate of drug-likeness (QED) is 0.0523. The molecule has 0 fully saturated rings. The van der Waals surface area contributed by atoms with Crippen LogP contribution in [0.1, 0.15) is 81.4 Å². The van der Waals surface area contributed by atoms with Crippen LogP contribution in [0.3, 0.4) is 0 Å². The molecule has 0 bridgehead atoms. The SMILES string of the molecule is C=CC(=O)OCCCCCCc1ccc(-c2cc(F)c(C(F)(F)Oc3ccc(CCCCCCCOC(C)=O)cc3)c(F)c2)c(F)c1. The summed E-state index contributed by atoms with van der Waals surface area (Å²) in [5.41, 5.74) is -0.314. The van der Waals surface area contributed by atoms with Crippen molar-refractivity contribution < 1.29 is 45.8 Å². The molecule has 0 aliphatic rings. The van der Waals surface area contributed by atoms with Crippen molar-refractivity contribution in [3.05, 3.63) is 101 Å². The van der Waals surface area contributed by atoms with Crippen LogP contribution in [-0.2, 0) is 38.0 Å². The van der Waals surface area contributed by atoms with Gasteiger partial charge in [-0.3, -0.25) is 4.79 Å². The summed E-state index contributed by atoms with van der Waals surface area (Å²) in [6.07, 6.45) is 5.71. The first-order chi connectivity index (χ1) is 22.5. The van der Waals surface area contributed by atoms with Crippen molar-refractivity contribution in [1.29, 1.82) is 0 Å². The Morgan fingerprint density at radius 2 is 1.23 bits per heavy atom. The van der Waals surface area contributed by atoms with E-state index in [0.717, 1.165) is 69.4 Å². The van der Waals surface area contributed by atoms with E-state index in [4.69, 9.17) is 14.2 Å². The molecule has 254 valence electrons. The number of hydrogen-bond acceptors (Lipinski definition) is 5. The highest BCUT2D eigenvalue weighted by Gasteiger charge is 2.41. The molecule has 0 unspecified atom stereocenters. The van der Waals surface area contributed by atoms with Gasteiger partial charge in [0, 0.05) is 18.6 Å². The minimum Gasteiger partial charge on any atom is -0.466 e. The van der Waals surface area contributed by atoms with Crippen molar-refractivity contribution in [1.82, 2.24) is 0 Å². The Kier molecular flexibility index (Phi) is 14.9. The molecule has 3 aromatic rings. The van der Waals surface area contributed by atoms with Crippen LogP contribution in [-0.4, -0.2) is 25.2 Å². The Morgan fingerprint density at radius 3 is 1.81 bits per heavy atom. The van der Waals surface area contributed by atoms with Crippen LogP contribution in [0.25, 0.3) is 11.1 Å². The second-order valence-electron chi connectivity index (χ2n) is 11.3. The molecule has 0 aromatic heterocycles. The highest BCUT2D eigenvalue weighted by Crippen LogP contribution is 2.37. The van der Waals surface area contributed by atoms with Crippen molar-refractivity contribution in [2.75, 3.05) is 13.2 Å². The van der Waals surface area contributed by atoms with Crippen molar-refractivity contribution in [2.24, 2.45) is 0 Å². The van der Waals surface area contributed by atoms with Crippen LogP contribution >= 0.6 is 0 Å². The van der Waals surface area contributed by atoms with Gasteiger partial charge in [-0.15, -0.1) is 0 Å². The lowest BCUT2D eigenvalue weighted by molar-refractivity contribution is -0.189. The third-order valence-electron chi connectivity index (χ3n) is 7.53. The Morgan fingerprint density at radius 1 is 0.702 bits per heavy atom. The molecule has 0 radical (unpaired) electrons. The van der Waals surface area contributed by atoms with Gasteiger partial charge in [-0.2, -0.15) is 8.78 Å². The topological polar surface area (TPSA) is 61.8 Å². The van der Waals surface area contributed by atoms with Crippen LogP contribution in [0.4, 0.5) is 22.0 Å². The molecule has 0 aliphatic carbocycles. The molecule has 0 N–H and O–H groups in total. The fourth-order valence-electron chi connectivity index (χ4n) is 5.07. The highest BCUT2D eigenvalue weighted by molar-refractivity contribution is 5.81. The van der Waals surface area contributed by atoms with Crippen molar-refractivity contribution in [3.63, 3.8) is 0 Å². The number of benzene rings is 3. The van der Waals surface area contributed by atoms with Crippen LogP contribution < -0.4 is 4.74 Å². The van der Waals surface area contributed by atoms with E-state index in [1.54, 1.807) is 18.2 Å². The van der Waals surface area contributed by atoms with Gasteiger partial charge in [0.05, 0.1) is 13.2 Å². The number of alkyl halides is 2. The smallest absolute Gasteiger partial charge is 0.432 e.